The highest BCUT2D eigenvalue weighted by molar-refractivity contribution is 6.32. The number of hydrogen-bond donors (Lipinski definition) is 1. The Hall–Kier alpha value is -0.970. The lowest BCUT2D eigenvalue weighted by Gasteiger charge is -2.28. The van der Waals surface area contributed by atoms with E-state index in [1.807, 2.05) is 6.07 Å². The van der Waals surface area contributed by atoms with Crippen molar-refractivity contribution in [1.82, 2.24) is 5.32 Å². The lowest BCUT2D eigenvalue weighted by Crippen LogP contribution is -2.33. The molecular formula is C15H22ClNO3. The van der Waals surface area contributed by atoms with Gasteiger partial charge in [-0.3, -0.25) is 0 Å². The smallest absolute Gasteiger partial charge is 0.168 e. The summed E-state index contributed by atoms with van der Waals surface area (Å²) >= 11 is 6.61. The zero-order chi connectivity index (χ0) is 14.7. The van der Waals surface area contributed by atoms with E-state index in [0.717, 1.165) is 24.2 Å². The molecular weight excluding hydrogens is 278 g/mol. The number of nitrogens with one attached hydrogen (secondary N) is 1. The summed E-state index contributed by atoms with van der Waals surface area (Å²) in [5.74, 6) is 1.66. The molecule has 1 aliphatic rings. The Morgan fingerprint density at radius 1 is 1.35 bits per heavy atom. The molecule has 4 nitrogen and oxygen atoms in total. The van der Waals surface area contributed by atoms with Crippen molar-refractivity contribution >= 4 is 11.6 Å². The topological polar surface area (TPSA) is 39.7 Å². The van der Waals surface area contributed by atoms with E-state index in [-0.39, 0.29) is 6.10 Å². The van der Waals surface area contributed by atoms with Gasteiger partial charge in [0.15, 0.2) is 11.5 Å². The molecule has 0 radical (unpaired) electrons. The first kappa shape index (κ1) is 15.4. The van der Waals surface area contributed by atoms with Crippen LogP contribution in [0.4, 0.5) is 0 Å². The second kappa shape index (κ2) is 6.66. The van der Waals surface area contributed by atoms with Crippen LogP contribution in [-0.2, 0) is 4.74 Å². The first-order chi connectivity index (χ1) is 9.60. The Morgan fingerprint density at radius 2 is 2.10 bits per heavy atom. The van der Waals surface area contributed by atoms with E-state index >= 15 is 0 Å². The highest BCUT2D eigenvalue weighted by atomic mass is 35.5. The molecule has 0 aromatic heterocycles. The van der Waals surface area contributed by atoms with E-state index in [9.17, 15) is 0 Å². The maximum atomic E-state index is 6.61. The van der Waals surface area contributed by atoms with Gasteiger partial charge in [-0.05, 0) is 17.5 Å². The first-order valence-corrected chi connectivity index (χ1v) is 7.24. The summed E-state index contributed by atoms with van der Waals surface area (Å²) in [5.41, 5.74) is 1.93. The van der Waals surface area contributed by atoms with Crippen molar-refractivity contribution in [1.29, 1.82) is 0 Å². The minimum Gasteiger partial charge on any atom is -0.493 e. The van der Waals surface area contributed by atoms with E-state index in [1.54, 1.807) is 14.2 Å². The molecule has 5 heteroatoms. The number of ether oxygens (including phenoxy) is 3. The SMILES string of the molecule is COc1cc(C(C)C)c(Cl)c(C2CNCCO2)c1OC. The fourth-order valence-corrected chi connectivity index (χ4v) is 2.96. The summed E-state index contributed by atoms with van der Waals surface area (Å²) in [6.07, 6.45) is -0.112. The molecule has 20 heavy (non-hydrogen) atoms. The lowest BCUT2D eigenvalue weighted by atomic mass is 9.96. The van der Waals surface area contributed by atoms with Crippen molar-refractivity contribution in [2.45, 2.75) is 25.9 Å². The zero-order valence-electron chi connectivity index (χ0n) is 12.5. The third-order valence-corrected chi connectivity index (χ3v) is 3.96. The lowest BCUT2D eigenvalue weighted by molar-refractivity contribution is 0.0261. The molecule has 1 atom stereocenters. The Morgan fingerprint density at radius 3 is 2.60 bits per heavy atom. The maximum Gasteiger partial charge on any atom is 0.168 e. The van der Waals surface area contributed by atoms with Crippen LogP contribution >= 0.6 is 11.6 Å². The Bertz CT molecular complexity index is 471. The Balaban J connectivity index is 2.57. The fourth-order valence-electron chi connectivity index (χ4n) is 2.48. The Kier molecular flexibility index (Phi) is 5.13. The van der Waals surface area contributed by atoms with Gasteiger partial charge in [-0.2, -0.15) is 0 Å². The second-order valence-corrected chi connectivity index (χ2v) is 5.53. The van der Waals surface area contributed by atoms with Crippen molar-refractivity contribution < 1.29 is 14.2 Å². The zero-order valence-corrected chi connectivity index (χ0v) is 13.2. The third-order valence-electron chi connectivity index (χ3n) is 3.54. The van der Waals surface area contributed by atoms with Gasteiger partial charge in [0.2, 0.25) is 0 Å². The van der Waals surface area contributed by atoms with Gasteiger partial charge in [-0.15, -0.1) is 0 Å². The minimum absolute atomic E-state index is 0.112. The van der Waals surface area contributed by atoms with E-state index in [1.165, 1.54) is 0 Å². The summed E-state index contributed by atoms with van der Waals surface area (Å²) in [7, 11) is 3.27. The van der Waals surface area contributed by atoms with Crippen LogP contribution in [0.25, 0.3) is 0 Å². The summed E-state index contributed by atoms with van der Waals surface area (Å²) in [4.78, 5) is 0. The molecule has 0 saturated carbocycles. The van der Waals surface area contributed by atoms with E-state index in [2.05, 4.69) is 19.2 Å². The number of benzene rings is 1. The number of hydrogen-bond acceptors (Lipinski definition) is 4. The van der Waals surface area contributed by atoms with Crippen LogP contribution in [0.5, 0.6) is 11.5 Å². The van der Waals surface area contributed by atoms with Gasteiger partial charge < -0.3 is 19.5 Å². The van der Waals surface area contributed by atoms with Gasteiger partial charge in [-0.1, -0.05) is 25.4 Å². The monoisotopic (exact) mass is 299 g/mol. The molecule has 1 saturated heterocycles. The Labute approximate surface area is 125 Å². The second-order valence-electron chi connectivity index (χ2n) is 5.15. The molecule has 0 aliphatic carbocycles. The fraction of sp³-hybridized carbons (Fsp3) is 0.600. The van der Waals surface area contributed by atoms with Crippen molar-refractivity contribution in [3.05, 3.63) is 22.2 Å². The van der Waals surface area contributed by atoms with E-state index in [0.29, 0.717) is 29.0 Å². The van der Waals surface area contributed by atoms with Crippen LogP contribution in [0.3, 0.4) is 0 Å². The number of morpholine rings is 1. The van der Waals surface area contributed by atoms with Crippen LogP contribution in [0.2, 0.25) is 5.02 Å². The average molecular weight is 300 g/mol. The molecule has 1 fully saturated rings. The summed E-state index contributed by atoms with van der Waals surface area (Å²) in [6.45, 7) is 6.46. The molecule has 1 heterocycles. The average Bonchev–Trinajstić information content (AvgIpc) is 2.47. The molecule has 1 aromatic rings. The van der Waals surface area contributed by atoms with Gasteiger partial charge >= 0.3 is 0 Å². The molecule has 1 aliphatic heterocycles. The molecule has 0 amide bonds. The predicted octanol–water partition coefficient (Wildman–Crippen LogP) is 3.14. The first-order valence-electron chi connectivity index (χ1n) is 6.86. The van der Waals surface area contributed by atoms with Crippen LogP contribution in [0.1, 0.15) is 37.0 Å². The van der Waals surface area contributed by atoms with Crippen molar-refractivity contribution in [3.63, 3.8) is 0 Å². The minimum atomic E-state index is -0.112. The van der Waals surface area contributed by atoms with Crippen LogP contribution in [-0.4, -0.2) is 33.9 Å². The molecule has 0 bridgehead atoms. The van der Waals surface area contributed by atoms with Crippen LogP contribution in [0, 0.1) is 0 Å². The van der Waals surface area contributed by atoms with Gasteiger partial charge in [0, 0.05) is 18.7 Å². The van der Waals surface area contributed by atoms with E-state index in [4.69, 9.17) is 25.8 Å². The molecule has 1 aromatic carbocycles. The van der Waals surface area contributed by atoms with Gasteiger partial charge in [-0.25, -0.2) is 0 Å². The van der Waals surface area contributed by atoms with Gasteiger partial charge in [0.05, 0.1) is 25.8 Å². The summed E-state index contributed by atoms with van der Waals surface area (Å²) < 4.78 is 16.8. The van der Waals surface area contributed by atoms with E-state index < -0.39 is 0 Å². The third kappa shape index (κ3) is 2.87. The summed E-state index contributed by atoms with van der Waals surface area (Å²) in [5, 5.41) is 4.03. The molecule has 1 unspecified atom stereocenters. The van der Waals surface area contributed by atoms with Crippen LogP contribution < -0.4 is 14.8 Å². The predicted molar refractivity (Wildman–Crippen MR) is 80.2 cm³/mol. The highest BCUT2D eigenvalue weighted by Crippen LogP contribution is 2.45. The number of halogens is 1. The van der Waals surface area contributed by atoms with Gasteiger partial charge in [0.25, 0.3) is 0 Å². The molecule has 1 N–H and O–H groups in total. The van der Waals surface area contributed by atoms with Crippen molar-refractivity contribution in [3.8, 4) is 11.5 Å². The van der Waals surface area contributed by atoms with Crippen LogP contribution in [0.15, 0.2) is 6.07 Å². The number of rotatable bonds is 4. The standard InChI is InChI=1S/C15H22ClNO3/c1-9(2)10-7-11(18-3)15(19-4)13(14(10)16)12-8-17-5-6-20-12/h7,9,12,17H,5-6,8H2,1-4H3. The molecule has 112 valence electrons. The van der Waals surface area contributed by atoms with Gasteiger partial charge in [0.1, 0.15) is 6.10 Å². The maximum absolute atomic E-state index is 6.61. The van der Waals surface area contributed by atoms with Crippen molar-refractivity contribution in [2.24, 2.45) is 0 Å². The normalized spacial score (nSPS) is 19.2. The highest BCUT2D eigenvalue weighted by Gasteiger charge is 2.28. The quantitative estimate of drug-likeness (QED) is 0.927. The molecule has 2 rings (SSSR count). The largest absolute Gasteiger partial charge is 0.493 e. The molecule has 0 spiro atoms. The summed E-state index contributed by atoms with van der Waals surface area (Å²) in [6, 6.07) is 1.95. The van der Waals surface area contributed by atoms with Crippen molar-refractivity contribution in [2.75, 3.05) is 33.9 Å². The number of methoxy groups -OCH3 is 2.